The van der Waals surface area contributed by atoms with Crippen LogP contribution >= 0.6 is 0 Å². The maximum Gasteiger partial charge on any atom is 0.290 e. The van der Waals surface area contributed by atoms with Crippen molar-refractivity contribution in [1.82, 2.24) is 4.90 Å². The summed E-state index contributed by atoms with van der Waals surface area (Å²) >= 11 is 0. The smallest absolute Gasteiger partial charge is 0.290 e. The van der Waals surface area contributed by atoms with E-state index in [0.29, 0.717) is 5.56 Å². The van der Waals surface area contributed by atoms with Crippen LogP contribution in [-0.4, -0.2) is 24.3 Å². The van der Waals surface area contributed by atoms with Crippen LogP contribution in [0.25, 0.3) is 0 Å². The van der Waals surface area contributed by atoms with Crippen molar-refractivity contribution in [3.63, 3.8) is 0 Å². The Morgan fingerprint density at radius 3 is 1.97 bits per heavy atom. The minimum atomic E-state index is -4.10. The lowest BCUT2D eigenvalue weighted by Crippen LogP contribution is -2.30. The van der Waals surface area contributed by atoms with Crippen LogP contribution in [0.4, 0.5) is 0 Å². The van der Waals surface area contributed by atoms with E-state index in [1.807, 2.05) is 56.3 Å². The summed E-state index contributed by atoms with van der Waals surface area (Å²) in [5.74, 6) is -1.41. The predicted molar refractivity (Wildman–Crippen MR) is 119 cm³/mol. The molecule has 0 aliphatic carbocycles. The lowest BCUT2D eigenvalue weighted by molar-refractivity contribution is -0.130. The van der Waals surface area contributed by atoms with Crippen molar-refractivity contribution in [3.8, 4) is 0 Å². The molecule has 1 N–H and O–H groups in total. The average Bonchev–Trinajstić information content (AvgIpc) is 3.01. The van der Waals surface area contributed by atoms with Crippen LogP contribution in [0.5, 0.6) is 0 Å². The van der Waals surface area contributed by atoms with Gasteiger partial charge in [0.05, 0.1) is 10.9 Å². The van der Waals surface area contributed by atoms with Crippen molar-refractivity contribution in [2.24, 2.45) is 0 Å². The van der Waals surface area contributed by atoms with Crippen molar-refractivity contribution >= 4 is 15.7 Å². The molecule has 1 aliphatic rings. The molecule has 4 rings (SSSR count). The number of aliphatic hydroxyl groups excluding tert-OH is 1. The number of sulfone groups is 1. The third kappa shape index (κ3) is 3.86. The molecule has 158 valence electrons. The number of aliphatic hydroxyl groups is 1. The Hall–Kier alpha value is -3.38. The summed E-state index contributed by atoms with van der Waals surface area (Å²) in [5, 5.41) is 10.8. The van der Waals surface area contributed by atoms with E-state index in [4.69, 9.17) is 0 Å². The Kier molecular flexibility index (Phi) is 5.41. The molecule has 0 aromatic heterocycles. The number of carbonyl (C=O) groups is 1. The number of benzene rings is 3. The van der Waals surface area contributed by atoms with Gasteiger partial charge in [-0.15, -0.1) is 0 Å². The Bertz CT molecular complexity index is 1250. The SMILES string of the molecule is Cc1ccc(C2C(S(=O)(=O)c3ccc(C)cc3)=C(O)C(=O)N2Cc2ccccc2)cc1. The lowest BCUT2D eigenvalue weighted by atomic mass is 10.0. The van der Waals surface area contributed by atoms with Crippen LogP contribution in [0.3, 0.4) is 0 Å². The number of carbonyl (C=O) groups excluding carboxylic acids is 1. The first kappa shape index (κ1) is 20.9. The van der Waals surface area contributed by atoms with Crippen LogP contribution < -0.4 is 0 Å². The van der Waals surface area contributed by atoms with Crippen molar-refractivity contribution < 1.29 is 18.3 Å². The summed E-state index contributed by atoms with van der Waals surface area (Å²) < 4.78 is 27.1. The van der Waals surface area contributed by atoms with E-state index in [1.165, 1.54) is 17.0 Å². The number of hydrogen-bond donors (Lipinski definition) is 1. The molecule has 1 amide bonds. The fourth-order valence-corrected chi connectivity index (χ4v) is 5.42. The van der Waals surface area contributed by atoms with Gasteiger partial charge in [-0.25, -0.2) is 8.42 Å². The molecule has 0 spiro atoms. The topological polar surface area (TPSA) is 74.7 Å². The van der Waals surface area contributed by atoms with Crippen LogP contribution in [-0.2, 0) is 21.2 Å². The summed E-state index contributed by atoms with van der Waals surface area (Å²) in [6.45, 7) is 3.97. The van der Waals surface area contributed by atoms with Crippen LogP contribution in [0.15, 0.2) is 94.4 Å². The quantitative estimate of drug-likeness (QED) is 0.637. The number of hydrogen-bond acceptors (Lipinski definition) is 4. The Labute approximate surface area is 182 Å². The normalized spacial score (nSPS) is 16.8. The highest BCUT2D eigenvalue weighted by Gasteiger charge is 2.46. The summed E-state index contributed by atoms with van der Waals surface area (Å²) in [4.78, 5) is 14.2. The van der Waals surface area contributed by atoms with Crippen molar-refractivity contribution in [2.45, 2.75) is 31.3 Å². The molecule has 0 radical (unpaired) electrons. The lowest BCUT2D eigenvalue weighted by Gasteiger charge is -2.27. The van der Waals surface area contributed by atoms with Gasteiger partial charge in [-0.3, -0.25) is 4.79 Å². The maximum absolute atomic E-state index is 13.6. The second-order valence-corrected chi connectivity index (χ2v) is 9.68. The third-order valence-electron chi connectivity index (χ3n) is 5.47. The van der Waals surface area contributed by atoms with E-state index in [1.54, 1.807) is 24.3 Å². The summed E-state index contributed by atoms with van der Waals surface area (Å²) in [5.41, 5.74) is 3.40. The maximum atomic E-state index is 13.6. The first-order valence-corrected chi connectivity index (χ1v) is 11.4. The number of amides is 1. The van der Waals surface area contributed by atoms with E-state index in [2.05, 4.69) is 0 Å². The van der Waals surface area contributed by atoms with Crippen molar-refractivity contribution in [2.75, 3.05) is 0 Å². The molecule has 0 bridgehead atoms. The van der Waals surface area contributed by atoms with Gasteiger partial charge in [0, 0.05) is 6.54 Å². The largest absolute Gasteiger partial charge is 0.502 e. The molecule has 3 aromatic rings. The molecule has 31 heavy (non-hydrogen) atoms. The zero-order valence-corrected chi connectivity index (χ0v) is 18.1. The highest BCUT2D eigenvalue weighted by molar-refractivity contribution is 7.95. The number of nitrogens with zero attached hydrogens (tertiary/aromatic N) is 1. The molecule has 0 saturated heterocycles. The third-order valence-corrected chi connectivity index (χ3v) is 7.35. The number of aryl methyl sites for hydroxylation is 2. The van der Waals surface area contributed by atoms with Gasteiger partial charge >= 0.3 is 0 Å². The molecule has 5 nitrogen and oxygen atoms in total. The molecule has 6 heteroatoms. The summed E-state index contributed by atoms with van der Waals surface area (Å²) in [6, 6.07) is 22.1. The van der Waals surface area contributed by atoms with E-state index in [9.17, 15) is 18.3 Å². The monoisotopic (exact) mass is 433 g/mol. The van der Waals surface area contributed by atoms with Gasteiger partial charge < -0.3 is 10.0 Å². The molecule has 3 aromatic carbocycles. The fraction of sp³-hybridized carbons (Fsp3) is 0.160. The Balaban J connectivity index is 1.86. The molecule has 0 saturated carbocycles. The first-order valence-electron chi connectivity index (χ1n) is 9.95. The molecule has 1 aliphatic heterocycles. The van der Waals surface area contributed by atoms with Crippen LogP contribution in [0.1, 0.15) is 28.3 Å². The molecule has 1 unspecified atom stereocenters. The molecular weight excluding hydrogens is 410 g/mol. The molecule has 1 atom stereocenters. The van der Waals surface area contributed by atoms with Crippen molar-refractivity contribution in [3.05, 3.63) is 112 Å². The minimum Gasteiger partial charge on any atom is -0.502 e. The van der Waals surface area contributed by atoms with Gasteiger partial charge in [-0.1, -0.05) is 77.9 Å². The second-order valence-electron chi connectivity index (χ2n) is 7.76. The van der Waals surface area contributed by atoms with Crippen LogP contribution in [0, 0.1) is 13.8 Å². The van der Waals surface area contributed by atoms with Gasteiger partial charge in [0.15, 0.2) is 5.76 Å². The highest BCUT2D eigenvalue weighted by Crippen LogP contribution is 2.43. The standard InChI is InChI=1S/C25H23NO4S/c1-17-8-12-20(13-9-17)22-24(31(29,30)21-14-10-18(2)11-15-21)23(27)25(28)26(22)16-19-6-4-3-5-7-19/h3-15,22,27H,16H2,1-2H3. The van der Waals surface area contributed by atoms with Crippen LogP contribution in [0.2, 0.25) is 0 Å². The summed E-state index contributed by atoms with van der Waals surface area (Å²) in [6.07, 6.45) is 0. The Morgan fingerprint density at radius 2 is 1.39 bits per heavy atom. The first-order chi connectivity index (χ1) is 14.8. The van der Waals surface area contributed by atoms with Gasteiger partial charge in [0.2, 0.25) is 9.84 Å². The van der Waals surface area contributed by atoms with Gasteiger partial charge in [-0.2, -0.15) is 0 Å². The average molecular weight is 434 g/mol. The van der Waals surface area contributed by atoms with E-state index >= 15 is 0 Å². The van der Waals surface area contributed by atoms with E-state index < -0.39 is 27.5 Å². The molecule has 0 fully saturated rings. The molecular formula is C25H23NO4S. The van der Waals surface area contributed by atoms with Gasteiger partial charge in [-0.05, 0) is 37.1 Å². The zero-order valence-electron chi connectivity index (χ0n) is 17.3. The minimum absolute atomic E-state index is 0.0473. The number of rotatable bonds is 5. The summed E-state index contributed by atoms with van der Waals surface area (Å²) in [7, 11) is -4.10. The van der Waals surface area contributed by atoms with Gasteiger partial charge in [0.1, 0.15) is 4.91 Å². The Morgan fingerprint density at radius 1 is 0.839 bits per heavy atom. The zero-order chi connectivity index (χ0) is 22.2. The predicted octanol–water partition coefficient (Wildman–Crippen LogP) is 4.63. The van der Waals surface area contributed by atoms with E-state index in [0.717, 1.165) is 16.7 Å². The van der Waals surface area contributed by atoms with E-state index in [-0.39, 0.29) is 16.3 Å². The second kappa shape index (κ2) is 8.04. The highest BCUT2D eigenvalue weighted by atomic mass is 32.2. The van der Waals surface area contributed by atoms with Gasteiger partial charge in [0.25, 0.3) is 5.91 Å². The molecule has 1 heterocycles. The fourth-order valence-electron chi connectivity index (χ4n) is 3.77. The van der Waals surface area contributed by atoms with Crippen molar-refractivity contribution in [1.29, 1.82) is 0 Å².